The summed E-state index contributed by atoms with van der Waals surface area (Å²) in [6.45, 7) is 5.29. The van der Waals surface area contributed by atoms with E-state index in [1.54, 1.807) is 0 Å². The van der Waals surface area contributed by atoms with E-state index in [-0.39, 0.29) is 18.6 Å². The summed E-state index contributed by atoms with van der Waals surface area (Å²) in [6.07, 6.45) is 0.822. The lowest BCUT2D eigenvalue weighted by Gasteiger charge is -2.27. The molecular formula is C11H23N3O4S. The average Bonchev–Trinajstić information content (AvgIpc) is 2.35. The third kappa shape index (κ3) is 8.14. The number of hydrogen-bond acceptors (Lipinski definition) is 5. The number of sulfonamides is 1. The summed E-state index contributed by atoms with van der Waals surface area (Å²) in [5.74, 6) is -1.08. The molecule has 0 aromatic rings. The van der Waals surface area contributed by atoms with E-state index in [0.717, 1.165) is 39.1 Å². The molecule has 19 heavy (non-hydrogen) atoms. The molecule has 8 heteroatoms. The van der Waals surface area contributed by atoms with E-state index < -0.39 is 16.0 Å². The smallest absolute Gasteiger partial charge is 0.303 e. The van der Waals surface area contributed by atoms with Gasteiger partial charge >= 0.3 is 5.97 Å². The highest BCUT2D eigenvalue weighted by Gasteiger charge is 2.12. The van der Waals surface area contributed by atoms with E-state index in [0.29, 0.717) is 6.54 Å². The third-order valence-electron chi connectivity index (χ3n) is 2.99. The normalized spacial score (nSPS) is 17.5. The molecule has 3 N–H and O–H groups in total. The van der Waals surface area contributed by atoms with Crippen LogP contribution in [0.4, 0.5) is 0 Å². The van der Waals surface area contributed by atoms with Gasteiger partial charge in [0.05, 0.1) is 5.75 Å². The molecule has 0 aliphatic carbocycles. The van der Waals surface area contributed by atoms with Gasteiger partial charge in [-0.1, -0.05) is 0 Å². The number of piperazine rings is 1. The van der Waals surface area contributed by atoms with Crippen LogP contribution in [0.5, 0.6) is 0 Å². The van der Waals surface area contributed by atoms with Crippen molar-refractivity contribution in [1.29, 1.82) is 0 Å². The number of aliphatic carboxylic acids is 1. The van der Waals surface area contributed by atoms with E-state index in [1.807, 2.05) is 0 Å². The molecule has 0 aromatic heterocycles. The van der Waals surface area contributed by atoms with Gasteiger partial charge in [-0.25, -0.2) is 13.1 Å². The Morgan fingerprint density at radius 1 is 1.26 bits per heavy atom. The number of carbonyl (C=O) groups is 1. The predicted octanol–water partition coefficient (Wildman–Crippen LogP) is -0.934. The van der Waals surface area contributed by atoms with Gasteiger partial charge in [-0.2, -0.15) is 0 Å². The SMILES string of the molecule is O=C(O)CCCS(=O)(=O)NCCCN1CCNCC1. The number of carboxylic acid groups (broad SMARTS) is 1. The van der Waals surface area contributed by atoms with Crippen LogP contribution in [-0.4, -0.2) is 69.4 Å². The largest absolute Gasteiger partial charge is 0.481 e. The van der Waals surface area contributed by atoms with Gasteiger partial charge in [0, 0.05) is 39.1 Å². The molecule has 0 spiro atoms. The Morgan fingerprint density at radius 2 is 1.95 bits per heavy atom. The Bertz CT molecular complexity index is 366. The van der Waals surface area contributed by atoms with Crippen molar-refractivity contribution in [1.82, 2.24) is 14.9 Å². The molecule has 112 valence electrons. The minimum absolute atomic E-state index is 0.109. The Labute approximate surface area is 114 Å². The second kappa shape index (κ2) is 8.47. The number of hydrogen-bond donors (Lipinski definition) is 3. The second-order valence-corrected chi connectivity index (χ2v) is 6.58. The van der Waals surface area contributed by atoms with Gasteiger partial charge in [-0.05, 0) is 19.4 Å². The molecule has 0 radical (unpaired) electrons. The molecule has 0 atom stereocenters. The molecule has 0 saturated carbocycles. The molecule has 0 amide bonds. The minimum Gasteiger partial charge on any atom is -0.481 e. The monoisotopic (exact) mass is 293 g/mol. The summed E-state index contributed by atoms with van der Waals surface area (Å²) in [5.41, 5.74) is 0. The van der Waals surface area contributed by atoms with Crippen molar-refractivity contribution in [3.8, 4) is 0 Å². The fraction of sp³-hybridized carbons (Fsp3) is 0.909. The lowest BCUT2D eigenvalue weighted by atomic mass is 10.3. The number of nitrogens with zero attached hydrogens (tertiary/aromatic N) is 1. The topological polar surface area (TPSA) is 98.7 Å². The van der Waals surface area contributed by atoms with Gasteiger partial charge in [-0.3, -0.25) is 4.79 Å². The third-order valence-corrected chi connectivity index (χ3v) is 4.46. The van der Waals surface area contributed by atoms with Crippen LogP contribution >= 0.6 is 0 Å². The van der Waals surface area contributed by atoms with Crippen LogP contribution in [0.3, 0.4) is 0 Å². The summed E-state index contributed by atoms with van der Waals surface area (Å²) in [6, 6.07) is 0. The van der Waals surface area contributed by atoms with Crippen molar-refractivity contribution in [2.24, 2.45) is 0 Å². The van der Waals surface area contributed by atoms with Gasteiger partial charge in [0.25, 0.3) is 0 Å². The van der Waals surface area contributed by atoms with Crippen molar-refractivity contribution >= 4 is 16.0 Å². The lowest BCUT2D eigenvalue weighted by Crippen LogP contribution is -2.44. The molecule has 0 bridgehead atoms. The molecule has 1 heterocycles. The maximum absolute atomic E-state index is 11.5. The van der Waals surface area contributed by atoms with Crippen LogP contribution in [0.2, 0.25) is 0 Å². The summed E-state index contributed by atoms with van der Waals surface area (Å²) < 4.78 is 25.6. The Hall–Kier alpha value is -0.700. The van der Waals surface area contributed by atoms with E-state index in [2.05, 4.69) is 14.9 Å². The summed E-state index contributed by atoms with van der Waals surface area (Å²) in [5, 5.41) is 11.7. The van der Waals surface area contributed by atoms with Crippen LogP contribution in [0.15, 0.2) is 0 Å². The van der Waals surface area contributed by atoms with Crippen LogP contribution in [0.25, 0.3) is 0 Å². The second-order valence-electron chi connectivity index (χ2n) is 4.66. The van der Waals surface area contributed by atoms with E-state index in [1.165, 1.54) is 0 Å². The molecule has 1 aliphatic heterocycles. The fourth-order valence-corrected chi connectivity index (χ4v) is 3.07. The molecule has 0 aromatic carbocycles. The van der Waals surface area contributed by atoms with Gasteiger partial charge in [-0.15, -0.1) is 0 Å². The van der Waals surface area contributed by atoms with Crippen molar-refractivity contribution in [2.45, 2.75) is 19.3 Å². The maximum atomic E-state index is 11.5. The predicted molar refractivity (Wildman–Crippen MR) is 72.6 cm³/mol. The minimum atomic E-state index is -3.32. The first-order valence-corrected chi connectivity index (χ1v) is 8.27. The molecule has 7 nitrogen and oxygen atoms in total. The average molecular weight is 293 g/mol. The summed E-state index contributed by atoms with van der Waals surface area (Å²) in [7, 11) is -3.32. The Kier molecular flexibility index (Phi) is 7.29. The fourth-order valence-electron chi connectivity index (χ4n) is 1.95. The first-order chi connectivity index (χ1) is 8.99. The zero-order valence-corrected chi connectivity index (χ0v) is 11.9. The quantitative estimate of drug-likeness (QED) is 0.475. The van der Waals surface area contributed by atoms with E-state index in [4.69, 9.17) is 5.11 Å². The molecule has 1 rings (SSSR count). The van der Waals surface area contributed by atoms with Crippen LogP contribution in [-0.2, 0) is 14.8 Å². The van der Waals surface area contributed by atoms with Crippen molar-refractivity contribution < 1.29 is 18.3 Å². The zero-order chi connectivity index (χ0) is 14.1. The van der Waals surface area contributed by atoms with Crippen LogP contribution in [0, 0.1) is 0 Å². The number of nitrogens with one attached hydrogen (secondary N) is 2. The number of rotatable bonds is 9. The van der Waals surface area contributed by atoms with Gasteiger partial charge in [0.15, 0.2) is 0 Å². The highest BCUT2D eigenvalue weighted by atomic mass is 32.2. The highest BCUT2D eigenvalue weighted by Crippen LogP contribution is 1.97. The number of carboxylic acids is 1. The standard InChI is InChI=1S/C11H23N3O4S/c15-11(16)3-1-10-19(17,18)13-4-2-7-14-8-5-12-6-9-14/h12-13H,1-10H2,(H,15,16). The van der Waals surface area contributed by atoms with E-state index in [9.17, 15) is 13.2 Å². The van der Waals surface area contributed by atoms with Gasteiger partial charge in [0.1, 0.15) is 0 Å². The van der Waals surface area contributed by atoms with Crippen molar-refractivity contribution in [2.75, 3.05) is 45.0 Å². The first-order valence-electron chi connectivity index (χ1n) is 6.62. The lowest BCUT2D eigenvalue weighted by molar-refractivity contribution is -0.137. The molecule has 1 aliphatic rings. The van der Waals surface area contributed by atoms with Crippen molar-refractivity contribution in [3.63, 3.8) is 0 Å². The molecule has 1 fully saturated rings. The maximum Gasteiger partial charge on any atom is 0.303 e. The Morgan fingerprint density at radius 3 is 2.58 bits per heavy atom. The summed E-state index contributed by atoms with van der Waals surface area (Å²) in [4.78, 5) is 12.6. The van der Waals surface area contributed by atoms with Crippen LogP contribution < -0.4 is 10.0 Å². The van der Waals surface area contributed by atoms with Gasteiger partial charge in [0.2, 0.25) is 10.0 Å². The molecule has 0 unspecified atom stereocenters. The zero-order valence-electron chi connectivity index (χ0n) is 11.1. The van der Waals surface area contributed by atoms with Crippen molar-refractivity contribution in [3.05, 3.63) is 0 Å². The molecular weight excluding hydrogens is 270 g/mol. The molecule has 1 saturated heterocycles. The Balaban J connectivity index is 2.08. The van der Waals surface area contributed by atoms with Crippen LogP contribution in [0.1, 0.15) is 19.3 Å². The highest BCUT2D eigenvalue weighted by molar-refractivity contribution is 7.89. The van der Waals surface area contributed by atoms with E-state index >= 15 is 0 Å². The van der Waals surface area contributed by atoms with Gasteiger partial charge < -0.3 is 15.3 Å². The summed E-state index contributed by atoms with van der Waals surface area (Å²) >= 11 is 0. The first kappa shape index (κ1) is 16.4.